The van der Waals surface area contributed by atoms with Crippen LogP contribution in [0.25, 0.3) is 0 Å². The Kier molecular flexibility index (Phi) is 2.62. The molecule has 88 valence electrons. The van der Waals surface area contributed by atoms with Crippen molar-refractivity contribution in [2.45, 2.75) is 33.3 Å². The first-order chi connectivity index (χ1) is 7.40. The first-order valence-corrected chi connectivity index (χ1v) is 5.70. The molecule has 0 spiro atoms. The van der Waals surface area contributed by atoms with Crippen molar-refractivity contribution in [2.24, 2.45) is 5.92 Å². The molecule has 4 nitrogen and oxygen atoms in total. The second-order valence-corrected chi connectivity index (χ2v) is 5.07. The van der Waals surface area contributed by atoms with Gasteiger partial charge in [-0.1, -0.05) is 13.8 Å². The molecule has 1 aliphatic heterocycles. The van der Waals surface area contributed by atoms with E-state index in [4.69, 9.17) is 0 Å². The van der Waals surface area contributed by atoms with E-state index >= 15 is 0 Å². The van der Waals surface area contributed by atoms with Crippen LogP contribution in [0.5, 0.6) is 0 Å². The van der Waals surface area contributed by atoms with E-state index in [1.165, 1.54) is 0 Å². The van der Waals surface area contributed by atoms with Crippen molar-refractivity contribution in [1.29, 1.82) is 0 Å². The van der Waals surface area contributed by atoms with Crippen LogP contribution in [-0.2, 0) is 0 Å². The SMILES string of the molecule is Cc1cc(C)nc(N2CC(O)(C(C)C)C2)n1. The van der Waals surface area contributed by atoms with Gasteiger partial charge in [0, 0.05) is 11.4 Å². The third kappa shape index (κ3) is 1.89. The molecule has 0 unspecified atom stereocenters. The van der Waals surface area contributed by atoms with E-state index in [1.54, 1.807) is 0 Å². The third-order valence-corrected chi connectivity index (χ3v) is 3.26. The number of hydrogen-bond donors (Lipinski definition) is 1. The Bertz CT molecular complexity index is 377. The zero-order valence-electron chi connectivity index (χ0n) is 10.4. The van der Waals surface area contributed by atoms with E-state index in [0.717, 1.165) is 17.3 Å². The number of aliphatic hydroxyl groups is 1. The largest absolute Gasteiger partial charge is 0.386 e. The summed E-state index contributed by atoms with van der Waals surface area (Å²) in [5.74, 6) is 1.01. The molecule has 1 aliphatic rings. The molecule has 0 radical (unpaired) electrons. The molecule has 1 N–H and O–H groups in total. The Labute approximate surface area is 96.3 Å². The second kappa shape index (κ2) is 3.70. The van der Waals surface area contributed by atoms with Gasteiger partial charge in [0.25, 0.3) is 0 Å². The molecule has 1 aromatic heterocycles. The number of rotatable bonds is 2. The first-order valence-electron chi connectivity index (χ1n) is 5.70. The molecule has 4 heteroatoms. The topological polar surface area (TPSA) is 49.2 Å². The normalized spacial score (nSPS) is 18.8. The number of anilines is 1. The maximum Gasteiger partial charge on any atom is 0.225 e. The van der Waals surface area contributed by atoms with Crippen LogP contribution in [0.3, 0.4) is 0 Å². The highest BCUT2D eigenvalue weighted by atomic mass is 16.3. The summed E-state index contributed by atoms with van der Waals surface area (Å²) >= 11 is 0. The molecule has 0 saturated carbocycles. The minimum atomic E-state index is -0.568. The van der Waals surface area contributed by atoms with Crippen LogP contribution in [0.4, 0.5) is 5.95 Å². The molecule has 0 atom stereocenters. The van der Waals surface area contributed by atoms with Gasteiger partial charge in [0.15, 0.2) is 0 Å². The van der Waals surface area contributed by atoms with E-state index in [1.807, 2.05) is 38.7 Å². The predicted molar refractivity (Wildman–Crippen MR) is 63.5 cm³/mol. The van der Waals surface area contributed by atoms with Gasteiger partial charge in [-0.05, 0) is 25.8 Å². The number of β-amino-alcohol motifs (C(OH)–C–C–N with tert-alkyl or cyclic N) is 1. The summed E-state index contributed by atoms with van der Waals surface area (Å²) in [6.07, 6.45) is 0. The molecule has 0 aromatic carbocycles. The van der Waals surface area contributed by atoms with Crippen LogP contribution in [0, 0.1) is 19.8 Å². The maximum absolute atomic E-state index is 10.2. The summed E-state index contributed by atoms with van der Waals surface area (Å²) in [5.41, 5.74) is 1.38. The zero-order valence-corrected chi connectivity index (χ0v) is 10.4. The van der Waals surface area contributed by atoms with Crippen LogP contribution in [-0.4, -0.2) is 33.8 Å². The Morgan fingerprint density at radius 3 is 2.19 bits per heavy atom. The van der Waals surface area contributed by atoms with Gasteiger partial charge in [-0.15, -0.1) is 0 Å². The van der Waals surface area contributed by atoms with Gasteiger partial charge < -0.3 is 10.0 Å². The van der Waals surface area contributed by atoms with Crippen LogP contribution in [0.15, 0.2) is 6.07 Å². The van der Waals surface area contributed by atoms with Crippen molar-refractivity contribution in [3.63, 3.8) is 0 Å². The number of aromatic nitrogens is 2. The van der Waals surface area contributed by atoms with Crippen molar-refractivity contribution in [2.75, 3.05) is 18.0 Å². The average Bonchev–Trinajstić information content (AvgIpc) is 2.10. The van der Waals surface area contributed by atoms with Gasteiger partial charge in [-0.25, -0.2) is 9.97 Å². The molecule has 16 heavy (non-hydrogen) atoms. The molecule has 0 aliphatic carbocycles. The van der Waals surface area contributed by atoms with E-state index in [0.29, 0.717) is 13.1 Å². The molecule has 1 aromatic rings. The molecule has 2 rings (SSSR count). The van der Waals surface area contributed by atoms with Gasteiger partial charge >= 0.3 is 0 Å². The Balaban J connectivity index is 2.12. The molecule has 1 fully saturated rings. The van der Waals surface area contributed by atoms with Crippen molar-refractivity contribution in [1.82, 2.24) is 9.97 Å². The second-order valence-electron chi connectivity index (χ2n) is 5.07. The molecule has 1 saturated heterocycles. The summed E-state index contributed by atoms with van der Waals surface area (Å²) < 4.78 is 0. The lowest BCUT2D eigenvalue weighted by Gasteiger charge is -2.49. The van der Waals surface area contributed by atoms with Gasteiger partial charge in [-0.3, -0.25) is 0 Å². The number of aryl methyl sites for hydroxylation is 2. The Hall–Kier alpha value is -1.16. The Morgan fingerprint density at radius 1 is 1.25 bits per heavy atom. The van der Waals surface area contributed by atoms with Crippen molar-refractivity contribution in [3.8, 4) is 0 Å². The summed E-state index contributed by atoms with van der Waals surface area (Å²) in [6.45, 7) is 9.28. The van der Waals surface area contributed by atoms with Crippen LogP contribution < -0.4 is 4.90 Å². The lowest BCUT2D eigenvalue weighted by atomic mass is 9.83. The fourth-order valence-electron chi connectivity index (χ4n) is 1.97. The van der Waals surface area contributed by atoms with Crippen molar-refractivity contribution in [3.05, 3.63) is 17.5 Å². The summed E-state index contributed by atoms with van der Waals surface area (Å²) in [5, 5.41) is 10.2. The van der Waals surface area contributed by atoms with E-state index in [9.17, 15) is 5.11 Å². The standard InChI is InChI=1S/C12H19N3O/c1-8(2)12(16)6-15(7-12)11-13-9(3)5-10(4)14-11/h5,8,16H,6-7H2,1-4H3. The van der Waals surface area contributed by atoms with E-state index in [2.05, 4.69) is 9.97 Å². The lowest BCUT2D eigenvalue weighted by molar-refractivity contribution is -0.0309. The summed E-state index contributed by atoms with van der Waals surface area (Å²) in [6, 6.07) is 1.96. The van der Waals surface area contributed by atoms with Gasteiger partial charge in [-0.2, -0.15) is 0 Å². The van der Waals surface area contributed by atoms with Crippen molar-refractivity contribution >= 4 is 5.95 Å². The van der Waals surface area contributed by atoms with Gasteiger partial charge in [0.1, 0.15) is 5.60 Å². The van der Waals surface area contributed by atoms with E-state index < -0.39 is 5.60 Å². The maximum atomic E-state index is 10.2. The minimum absolute atomic E-state index is 0.273. The molecule has 0 amide bonds. The summed E-state index contributed by atoms with van der Waals surface area (Å²) in [7, 11) is 0. The smallest absolute Gasteiger partial charge is 0.225 e. The zero-order chi connectivity index (χ0) is 11.9. The molecular formula is C12H19N3O. The average molecular weight is 221 g/mol. The number of hydrogen-bond acceptors (Lipinski definition) is 4. The highest BCUT2D eigenvalue weighted by Gasteiger charge is 2.44. The van der Waals surface area contributed by atoms with Crippen LogP contribution in [0.1, 0.15) is 25.2 Å². The monoisotopic (exact) mass is 221 g/mol. The fourth-order valence-corrected chi connectivity index (χ4v) is 1.97. The highest BCUT2D eigenvalue weighted by Crippen LogP contribution is 2.31. The summed E-state index contributed by atoms with van der Waals surface area (Å²) in [4.78, 5) is 10.8. The van der Waals surface area contributed by atoms with Gasteiger partial charge in [0.2, 0.25) is 5.95 Å². The van der Waals surface area contributed by atoms with E-state index in [-0.39, 0.29) is 5.92 Å². The first kappa shape index (κ1) is 11.3. The molecule has 2 heterocycles. The quantitative estimate of drug-likeness (QED) is 0.818. The minimum Gasteiger partial charge on any atom is -0.386 e. The fraction of sp³-hybridized carbons (Fsp3) is 0.667. The highest BCUT2D eigenvalue weighted by molar-refractivity contribution is 5.38. The number of nitrogens with zero attached hydrogens (tertiary/aromatic N) is 3. The van der Waals surface area contributed by atoms with Crippen molar-refractivity contribution < 1.29 is 5.11 Å². The third-order valence-electron chi connectivity index (χ3n) is 3.26. The van der Waals surface area contributed by atoms with Crippen LogP contribution >= 0.6 is 0 Å². The molecule has 0 bridgehead atoms. The molecular weight excluding hydrogens is 202 g/mol. The predicted octanol–water partition coefficient (Wildman–Crippen LogP) is 1.30. The van der Waals surface area contributed by atoms with Crippen LogP contribution in [0.2, 0.25) is 0 Å². The Morgan fingerprint density at radius 2 is 1.75 bits per heavy atom. The lowest BCUT2D eigenvalue weighted by Crippen LogP contribution is -2.65. The van der Waals surface area contributed by atoms with Gasteiger partial charge in [0.05, 0.1) is 13.1 Å².